The number of nitrogens with zero attached hydrogens (tertiary/aromatic N) is 1. The van der Waals surface area contributed by atoms with Crippen LogP contribution in [0.25, 0.3) is 6.08 Å². The predicted octanol–water partition coefficient (Wildman–Crippen LogP) is 6.04. The Kier molecular flexibility index (Phi) is 7.53. The van der Waals surface area contributed by atoms with Gasteiger partial charge >= 0.3 is 0 Å². The van der Waals surface area contributed by atoms with E-state index < -0.39 is 17.0 Å². The molecule has 1 saturated heterocycles. The first-order valence-corrected chi connectivity index (χ1v) is 11.8. The van der Waals surface area contributed by atoms with Crippen LogP contribution in [-0.2, 0) is 16.1 Å². The minimum atomic E-state index is -0.580. The van der Waals surface area contributed by atoms with Gasteiger partial charge in [0.05, 0.1) is 11.4 Å². The standard InChI is InChI=1S/C26H20ClFN2O4S/c1-16-5-2-3-8-22(16)29-24(31)15-34-18-11-9-17(10-12-18)13-23-25(32)30(26(33)35-23)14-19-20(27)6-4-7-21(19)28/h2-13H,14-15H2,1H3,(H,29,31)/b23-13-. The Morgan fingerprint density at radius 3 is 2.54 bits per heavy atom. The first kappa shape index (κ1) is 24.5. The number of hydrogen-bond donors (Lipinski definition) is 1. The number of thioether (sulfide) groups is 1. The fraction of sp³-hybridized carbons (Fsp3) is 0.115. The predicted molar refractivity (Wildman–Crippen MR) is 135 cm³/mol. The average molecular weight is 511 g/mol. The molecule has 0 unspecified atom stereocenters. The van der Waals surface area contributed by atoms with Crippen molar-refractivity contribution in [2.24, 2.45) is 0 Å². The Labute approximate surface area is 210 Å². The first-order chi connectivity index (χ1) is 16.8. The molecule has 0 spiro atoms. The molecule has 1 fully saturated rings. The smallest absolute Gasteiger partial charge is 0.293 e. The molecular formula is C26H20ClFN2O4S. The lowest BCUT2D eigenvalue weighted by Gasteiger charge is -2.14. The SMILES string of the molecule is Cc1ccccc1NC(=O)COc1ccc(/C=C2\SC(=O)N(Cc3c(F)cccc3Cl)C2=O)cc1. The number of carbonyl (C=O) groups is 3. The number of halogens is 2. The van der Waals surface area contributed by atoms with Crippen LogP contribution in [0.2, 0.25) is 5.02 Å². The summed E-state index contributed by atoms with van der Waals surface area (Å²) in [6, 6.07) is 18.4. The van der Waals surface area contributed by atoms with Crippen molar-refractivity contribution < 1.29 is 23.5 Å². The summed E-state index contributed by atoms with van der Waals surface area (Å²) in [7, 11) is 0. The summed E-state index contributed by atoms with van der Waals surface area (Å²) in [6.07, 6.45) is 1.57. The van der Waals surface area contributed by atoms with Crippen molar-refractivity contribution in [3.05, 3.63) is 99.2 Å². The van der Waals surface area contributed by atoms with Gasteiger partial charge in [-0.05, 0) is 66.2 Å². The van der Waals surface area contributed by atoms with E-state index in [9.17, 15) is 18.8 Å². The lowest BCUT2D eigenvalue weighted by Crippen LogP contribution is -2.28. The maximum atomic E-state index is 14.1. The van der Waals surface area contributed by atoms with Crippen LogP contribution in [0.15, 0.2) is 71.6 Å². The van der Waals surface area contributed by atoms with Crippen molar-refractivity contribution in [1.29, 1.82) is 0 Å². The average Bonchev–Trinajstić information content (AvgIpc) is 3.09. The van der Waals surface area contributed by atoms with Crippen LogP contribution in [0.1, 0.15) is 16.7 Å². The molecule has 178 valence electrons. The van der Waals surface area contributed by atoms with Crippen LogP contribution in [0.5, 0.6) is 5.75 Å². The van der Waals surface area contributed by atoms with Gasteiger partial charge in [0.15, 0.2) is 6.61 Å². The van der Waals surface area contributed by atoms with Crippen LogP contribution in [-0.4, -0.2) is 28.6 Å². The van der Waals surface area contributed by atoms with E-state index in [1.165, 1.54) is 18.2 Å². The largest absolute Gasteiger partial charge is 0.484 e. The molecule has 1 aliphatic heterocycles. The van der Waals surface area contributed by atoms with Crippen molar-refractivity contribution in [3.63, 3.8) is 0 Å². The van der Waals surface area contributed by atoms with E-state index in [0.717, 1.165) is 27.9 Å². The van der Waals surface area contributed by atoms with Gasteiger partial charge < -0.3 is 10.1 Å². The van der Waals surface area contributed by atoms with Gasteiger partial charge in [-0.25, -0.2) is 4.39 Å². The van der Waals surface area contributed by atoms with Gasteiger partial charge in [0.2, 0.25) is 0 Å². The van der Waals surface area contributed by atoms with Crippen LogP contribution in [0.3, 0.4) is 0 Å². The first-order valence-electron chi connectivity index (χ1n) is 10.6. The van der Waals surface area contributed by atoms with E-state index in [2.05, 4.69) is 5.32 Å². The van der Waals surface area contributed by atoms with Crippen LogP contribution >= 0.6 is 23.4 Å². The van der Waals surface area contributed by atoms with Gasteiger partial charge in [0, 0.05) is 16.3 Å². The molecule has 0 aromatic heterocycles. The summed E-state index contributed by atoms with van der Waals surface area (Å²) in [4.78, 5) is 38.4. The molecule has 0 bridgehead atoms. The van der Waals surface area contributed by atoms with Crippen molar-refractivity contribution in [3.8, 4) is 5.75 Å². The summed E-state index contributed by atoms with van der Waals surface area (Å²) in [5, 5.41) is 2.44. The fourth-order valence-corrected chi connectivity index (χ4v) is 4.40. The molecule has 3 aromatic rings. The lowest BCUT2D eigenvalue weighted by atomic mass is 10.2. The second kappa shape index (κ2) is 10.8. The van der Waals surface area contributed by atoms with Crippen molar-refractivity contribution >= 4 is 52.2 Å². The molecule has 1 aliphatic rings. The maximum Gasteiger partial charge on any atom is 0.293 e. The number of aryl methyl sites for hydroxylation is 1. The lowest BCUT2D eigenvalue weighted by molar-refractivity contribution is -0.123. The van der Waals surface area contributed by atoms with E-state index in [1.807, 2.05) is 31.2 Å². The fourth-order valence-electron chi connectivity index (χ4n) is 3.34. The molecule has 35 heavy (non-hydrogen) atoms. The molecule has 0 radical (unpaired) electrons. The normalized spacial score (nSPS) is 14.5. The third-order valence-corrected chi connectivity index (χ3v) is 6.48. The highest BCUT2D eigenvalue weighted by Crippen LogP contribution is 2.34. The number of nitrogens with one attached hydrogen (secondary N) is 1. The molecule has 1 heterocycles. The van der Waals surface area contributed by atoms with Gasteiger partial charge in [-0.15, -0.1) is 0 Å². The van der Waals surface area contributed by atoms with Gasteiger partial charge in [0.1, 0.15) is 11.6 Å². The summed E-state index contributed by atoms with van der Waals surface area (Å²) in [6.45, 7) is 1.50. The Balaban J connectivity index is 1.37. The van der Waals surface area contributed by atoms with E-state index in [1.54, 1.807) is 30.3 Å². The Morgan fingerprint density at radius 2 is 1.83 bits per heavy atom. The molecular weight excluding hydrogens is 491 g/mol. The summed E-state index contributed by atoms with van der Waals surface area (Å²) in [5.74, 6) is -0.910. The molecule has 9 heteroatoms. The number of amides is 3. The van der Waals surface area contributed by atoms with Gasteiger partial charge in [-0.3, -0.25) is 19.3 Å². The molecule has 0 aliphatic carbocycles. The van der Waals surface area contributed by atoms with Crippen molar-refractivity contribution in [2.75, 3.05) is 11.9 Å². The second-order valence-corrected chi connectivity index (χ2v) is 9.09. The van der Waals surface area contributed by atoms with E-state index in [0.29, 0.717) is 11.3 Å². The minimum absolute atomic E-state index is 0.0886. The molecule has 3 amide bonds. The van der Waals surface area contributed by atoms with Crippen LogP contribution in [0.4, 0.5) is 14.9 Å². The van der Waals surface area contributed by atoms with Gasteiger partial charge in [-0.1, -0.05) is 48.0 Å². The van der Waals surface area contributed by atoms with Gasteiger partial charge in [-0.2, -0.15) is 0 Å². The zero-order chi connectivity index (χ0) is 24.9. The van der Waals surface area contributed by atoms with E-state index in [4.69, 9.17) is 16.3 Å². The number of ether oxygens (including phenoxy) is 1. The zero-order valence-electron chi connectivity index (χ0n) is 18.6. The summed E-state index contributed by atoms with van der Waals surface area (Å²) in [5.41, 5.74) is 2.43. The molecule has 3 aromatic carbocycles. The minimum Gasteiger partial charge on any atom is -0.484 e. The third kappa shape index (κ3) is 5.90. The second-order valence-electron chi connectivity index (χ2n) is 7.69. The number of carbonyl (C=O) groups excluding carboxylic acids is 3. The quantitative estimate of drug-likeness (QED) is 0.392. The molecule has 1 N–H and O–H groups in total. The highest BCUT2D eigenvalue weighted by molar-refractivity contribution is 8.18. The Hall–Kier alpha value is -3.62. The number of rotatable bonds is 7. The van der Waals surface area contributed by atoms with E-state index >= 15 is 0 Å². The van der Waals surface area contributed by atoms with Crippen LogP contribution in [0, 0.1) is 12.7 Å². The van der Waals surface area contributed by atoms with Crippen LogP contribution < -0.4 is 10.1 Å². The summed E-state index contributed by atoms with van der Waals surface area (Å²) >= 11 is 6.81. The molecule has 0 saturated carbocycles. The van der Waals surface area contributed by atoms with Crippen molar-refractivity contribution in [2.45, 2.75) is 13.5 Å². The number of imide groups is 1. The molecule has 6 nitrogen and oxygen atoms in total. The highest BCUT2D eigenvalue weighted by atomic mass is 35.5. The zero-order valence-corrected chi connectivity index (χ0v) is 20.2. The topological polar surface area (TPSA) is 75.7 Å². The highest BCUT2D eigenvalue weighted by Gasteiger charge is 2.35. The molecule has 0 atom stereocenters. The number of hydrogen-bond acceptors (Lipinski definition) is 5. The summed E-state index contributed by atoms with van der Waals surface area (Å²) < 4.78 is 19.6. The van der Waals surface area contributed by atoms with Gasteiger partial charge in [0.25, 0.3) is 17.1 Å². The maximum absolute atomic E-state index is 14.1. The number of benzene rings is 3. The number of anilines is 1. The Morgan fingerprint density at radius 1 is 1.09 bits per heavy atom. The monoisotopic (exact) mass is 510 g/mol. The van der Waals surface area contributed by atoms with E-state index in [-0.39, 0.29) is 34.6 Å². The Bertz CT molecular complexity index is 1310. The number of para-hydroxylation sites is 1. The molecule has 4 rings (SSSR count). The van der Waals surface area contributed by atoms with Crippen molar-refractivity contribution in [1.82, 2.24) is 4.90 Å². The third-order valence-electron chi connectivity index (χ3n) is 5.22.